The zero-order valence-corrected chi connectivity index (χ0v) is 16.7. The van der Waals surface area contributed by atoms with Crippen LogP contribution in [-0.2, 0) is 19.1 Å². The highest BCUT2D eigenvalue weighted by Gasteiger charge is 2.22. The predicted molar refractivity (Wildman–Crippen MR) is 97.9 cm³/mol. The molecule has 0 aromatic heterocycles. The minimum Gasteiger partial charge on any atom is -0.460 e. The van der Waals surface area contributed by atoms with Gasteiger partial charge in [0.25, 0.3) is 0 Å². The number of hydrogen-bond donors (Lipinski definition) is 0. The van der Waals surface area contributed by atoms with Gasteiger partial charge in [-0.05, 0) is 60.3 Å². The van der Waals surface area contributed by atoms with Crippen LogP contribution in [0.4, 0.5) is 0 Å². The molecule has 0 bridgehead atoms. The molecular weight excluding hydrogens is 304 g/mol. The van der Waals surface area contributed by atoms with Crippen molar-refractivity contribution in [2.75, 3.05) is 0 Å². The van der Waals surface area contributed by atoms with Crippen molar-refractivity contribution in [3.8, 4) is 0 Å². The summed E-state index contributed by atoms with van der Waals surface area (Å²) in [5.74, 6) is -0.270. The van der Waals surface area contributed by atoms with Crippen LogP contribution >= 0.6 is 0 Å². The summed E-state index contributed by atoms with van der Waals surface area (Å²) in [4.78, 5) is 23.5. The summed E-state index contributed by atoms with van der Waals surface area (Å²) in [5, 5.41) is 0. The molecule has 142 valence electrons. The van der Waals surface area contributed by atoms with E-state index in [-0.39, 0.29) is 11.9 Å². The van der Waals surface area contributed by atoms with Crippen LogP contribution in [0.3, 0.4) is 0 Å². The van der Waals surface area contributed by atoms with Crippen molar-refractivity contribution in [2.24, 2.45) is 0 Å². The zero-order valence-electron chi connectivity index (χ0n) is 16.7. The van der Waals surface area contributed by atoms with Gasteiger partial charge in [0, 0.05) is 12.8 Å². The van der Waals surface area contributed by atoms with Gasteiger partial charge in [-0.1, -0.05) is 32.6 Å². The number of unbranched alkanes of at least 4 members (excludes halogenated alkanes) is 5. The van der Waals surface area contributed by atoms with Crippen molar-refractivity contribution in [2.45, 2.75) is 117 Å². The van der Waals surface area contributed by atoms with Gasteiger partial charge >= 0.3 is 11.9 Å². The molecule has 0 aliphatic carbocycles. The molecule has 0 atom stereocenters. The average molecular weight is 343 g/mol. The highest BCUT2D eigenvalue weighted by atomic mass is 16.6. The van der Waals surface area contributed by atoms with E-state index in [0.29, 0.717) is 12.8 Å². The largest absolute Gasteiger partial charge is 0.460 e. The van der Waals surface area contributed by atoms with Gasteiger partial charge in [-0.25, -0.2) is 0 Å². The highest BCUT2D eigenvalue weighted by Crippen LogP contribution is 2.21. The summed E-state index contributed by atoms with van der Waals surface area (Å²) in [6.45, 7) is 11.7. The van der Waals surface area contributed by atoms with Crippen molar-refractivity contribution in [1.29, 1.82) is 0 Å². The third-order valence-corrected chi connectivity index (χ3v) is 3.70. The van der Waals surface area contributed by atoms with Crippen LogP contribution in [0.1, 0.15) is 106 Å². The molecule has 0 unspecified atom stereocenters. The van der Waals surface area contributed by atoms with E-state index in [1.54, 1.807) is 0 Å². The van der Waals surface area contributed by atoms with Gasteiger partial charge in [0.2, 0.25) is 0 Å². The number of carbonyl (C=O) groups is 2. The second kappa shape index (κ2) is 11.5. The molecule has 0 aromatic rings. The fraction of sp³-hybridized carbons (Fsp3) is 0.900. The molecule has 0 fully saturated rings. The number of rotatable bonds is 12. The van der Waals surface area contributed by atoms with Gasteiger partial charge < -0.3 is 9.47 Å². The first-order valence-corrected chi connectivity index (χ1v) is 9.49. The fourth-order valence-electron chi connectivity index (χ4n) is 2.50. The Balaban J connectivity index is 3.84. The summed E-state index contributed by atoms with van der Waals surface area (Å²) in [5.41, 5.74) is -0.891. The Bertz CT molecular complexity index is 366. The summed E-state index contributed by atoms with van der Waals surface area (Å²) in [7, 11) is 0. The Morgan fingerprint density at radius 1 is 0.708 bits per heavy atom. The van der Waals surface area contributed by atoms with Gasteiger partial charge in [0.15, 0.2) is 0 Å². The molecule has 0 saturated heterocycles. The van der Waals surface area contributed by atoms with Crippen molar-refractivity contribution < 1.29 is 19.1 Å². The molecule has 0 saturated carbocycles. The Hall–Kier alpha value is -1.06. The van der Waals surface area contributed by atoms with Crippen LogP contribution in [0.5, 0.6) is 0 Å². The lowest BCUT2D eigenvalue weighted by molar-refractivity contribution is -0.158. The van der Waals surface area contributed by atoms with Gasteiger partial charge in [-0.2, -0.15) is 0 Å². The van der Waals surface area contributed by atoms with Gasteiger partial charge in [-0.15, -0.1) is 0 Å². The molecule has 24 heavy (non-hydrogen) atoms. The summed E-state index contributed by atoms with van der Waals surface area (Å²) in [6, 6.07) is 0. The standard InChI is InChI=1S/C20H38O4/c1-7-8-9-10-11-14-18(22)24-20(5,6)16-13-12-15-17(21)23-19(2,3)4/h7-16H2,1-6H3. The van der Waals surface area contributed by atoms with E-state index in [2.05, 4.69) is 6.92 Å². The first-order chi connectivity index (χ1) is 11.1. The highest BCUT2D eigenvalue weighted by molar-refractivity contribution is 5.70. The van der Waals surface area contributed by atoms with Crippen LogP contribution in [-0.4, -0.2) is 23.1 Å². The summed E-state index contributed by atoms with van der Waals surface area (Å²) in [6.07, 6.45) is 8.92. The van der Waals surface area contributed by atoms with E-state index in [1.165, 1.54) is 19.3 Å². The Kier molecular flexibility index (Phi) is 11.0. The van der Waals surface area contributed by atoms with Gasteiger partial charge in [-0.3, -0.25) is 9.59 Å². The molecule has 0 amide bonds. The number of hydrogen-bond acceptors (Lipinski definition) is 4. The van der Waals surface area contributed by atoms with Gasteiger partial charge in [0.1, 0.15) is 11.2 Å². The average Bonchev–Trinajstić information content (AvgIpc) is 2.41. The van der Waals surface area contributed by atoms with E-state index in [0.717, 1.165) is 32.1 Å². The maximum atomic E-state index is 11.9. The minimum atomic E-state index is -0.464. The monoisotopic (exact) mass is 342 g/mol. The maximum absolute atomic E-state index is 11.9. The Labute approximate surface area is 148 Å². The predicted octanol–water partition coefficient (Wildman–Crippen LogP) is 5.57. The quantitative estimate of drug-likeness (QED) is 0.343. The smallest absolute Gasteiger partial charge is 0.306 e. The second-order valence-electron chi connectivity index (χ2n) is 8.19. The molecule has 0 spiro atoms. The molecular formula is C20H38O4. The first kappa shape index (κ1) is 22.9. The first-order valence-electron chi connectivity index (χ1n) is 9.49. The van der Waals surface area contributed by atoms with E-state index >= 15 is 0 Å². The van der Waals surface area contributed by atoms with Crippen LogP contribution < -0.4 is 0 Å². The van der Waals surface area contributed by atoms with Crippen LogP contribution in [0.15, 0.2) is 0 Å². The normalized spacial score (nSPS) is 12.1. The SMILES string of the molecule is CCCCCCCC(=O)OC(C)(C)CCCCC(=O)OC(C)(C)C. The third kappa shape index (κ3) is 14.5. The summed E-state index contributed by atoms with van der Waals surface area (Å²) >= 11 is 0. The van der Waals surface area contributed by atoms with Crippen LogP contribution in [0.2, 0.25) is 0 Å². The zero-order chi connectivity index (χ0) is 18.6. The van der Waals surface area contributed by atoms with E-state index < -0.39 is 11.2 Å². The Morgan fingerprint density at radius 3 is 1.75 bits per heavy atom. The fourth-order valence-corrected chi connectivity index (χ4v) is 2.50. The molecule has 0 N–H and O–H groups in total. The molecule has 0 radical (unpaired) electrons. The maximum Gasteiger partial charge on any atom is 0.306 e. The number of ether oxygens (including phenoxy) is 2. The minimum absolute atomic E-state index is 0.108. The van der Waals surface area contributed by atoms with Crippen molar-refractivity contribution >= 4 is 11.9 Å². The lowest BCUT2D eigenvalue weighted by atomic mass is 10.00. The second-order valence-corrected chi connectivity index (χ2v) is 8.19. The number of esters is 2. The molecule has 0 rings (SSSR count). The van der Waals surface area contributed by atoms with E-state index in [4.69, 9.17) is 9.47 Å². The van der Waals surface area contributed by atoms with Crippen LogP contribution in [0, 0.1) is 0 Å². The van der Waals surface area contributed by atoms with E-state index in [1.807, 2.05) is 34.6 Å². The van der Waals surface area contributed by atoms with Gasteiger partial charge in [0.05, 0.1) is 0 Å². The van der Waals surface area contributed by atoms with Crippen molar-refractivity contribution in [3.05, 3.63) is 0 Å². The topological polar surface area (TPSA) is 52.6 Å². The number of carbonyl (C=O) groups excluding carboxylic acids is 2. The molecule has 4 nitrogen and oxygen atoms in total. The summed E-state index contributed by atoms with van der Waals surface area (Å²) < 4.78 is 10.9. The third-order valence-electron chi connectivity index (χ3n) is 3.70. The Morgan fingerprint density at radius 2 is 1.21 bits per heavy atom. The molecule has 0 aliphatic heterocycles. The lowest BCUT2D eigenvalue weighted by Crippen LogP contribution is -2.28. The molecule has 0 aliphatic rings. The van der Waals surface area contributed by atoms with E-state index in [9.17, 15) is 9.59 Å². The lowest BCUT2D eigenvalue weighted by Gasteiger charge is -2.25. The van der Waals surface area contributed by atoms with Crippen molar-refractivity contribution in [1.82, 2.24) is 0 Å². The van der Waals surface area contributed by atoms with Crippen LogP contribution in [0.25, 0.3) is 0 Å². The molecule has 4 heteroatoms. The molecule has 0 heterocycles. The van der Waals surface area contributed by atoms with Crippen molar-refractivity contribution in [3.63, 3.8) is 0 Å². The molecule has 0 aromatic carbocycles.